The third-order valence-electron chi connectivity index (χ3n) is 2.51. The molecule has 0 aliphatic heterocycles. The topological polar surface area (TPSA) is 104 Å². The monoisotopic (exact) mass is 309 g/mol. The van der Waals surface area contributed by atoms with E-state index in [2.05, 4.69) is 9.97 Å². The van der Waals surface area contributed by atoms with Crippen LogP contribution in [0, 0.1) is 0 Å². The number of pyridine rings is 2. The molecule has 0 saturated carbocycles. The average molecular weight is 310 g/mol. The molecule has 2 rings (SSSR count). The van der Waals surface area contributed by atoms with Gasteiger partial charge in [-0.2, -0.15) is 0 Å². The summed E-state index contributed by atoms with van der Waals surface area (Å²) in [6.07, 6.45) is 1.26. The van der Waals surface area contributed by atoms with Gasteiger partial charge in [0.05, 0.1) is 18.7 Å². The predicted octanol–water partition coefficient (Wildman–Crippen LogP) is 1.32. The Bertz CT molecular complexity index is 705. The number of hydrogen-bond donors (Lipinski definition) is 1. The Morgan fingerprint density at radius 2 is 2.14 bits per heavy atom. The van der Waals surface area contributed by atoms with Gasteiger partial charge < -0.3 is 15.2 Å². The van der Waals surface area contributed by atoms with Gasteiger partial charge in [0.2, 0.25) is 0 Å². The fourth-order valence-electron chi connectivity index (χ4n) is 1.63. The van der Waals surface area contributed by atoms with Crippen molar-refractivity contribution in [3.8, 4) is 5.75 Å². The Morgan fingerprint density at radius 3 is 2.81 bits per heavy atom. The standard InChI is InChI=1S/C13H12ClN3O4/c1-2-20-13(19)7-6-16-8-3-4-9(14)17-11(8)12(7)21-10(18)5-15/h3-4,6H,2,5,15H2,1H3. The number of halogens is 1. The summed E-state index contributed by atoms with van der Waals surface area (Å²) in [5.74, 6) is -1.44. The van der Waals surface area contributed by atoms with Crippen molar-refractivity contribution in [1.82, 2.24) is 9.97 Å². The summed E-state index contributed by atoms with van der Waals surface area (Å²) in [7, 11) is 0. The Kier molecular flexibility index (Phi) is 4.66. The van der Waals surface area contributed by atoms with Crippen LogP contribution < -0.4 is 10.5 Å². The van der Waals surface area contributed by atoms with Gasteiger partial charge in [0, 0.05) is 6.20 Å². The van der Waals surface area contributed by atoms with E-state index in [4.69, 9.17) is 26.8 Å². The molecule has 0 radical (unpaired) electrons. The summed E-state index contributed by atoms with van der Waals surface area (Å²) in [5, 5.41) is 0.176. The number of aromatic nitrogens is 2. The molecule has 0 aliphatic carbocycles. The van der Waals surface area contributed by atoms with Crippen LogP contribution in [0.5, 0.6) is 5.75 Å². The molecule has 0 unspecified atom stereocenters. The number of rotatable bonds is 4. The zero-order chi connectivity index (χ0) is 15.4. The summed E-state index contributed by atoms with van der Waals surface area (Å²) >= 11 is 5.83. The van der Waals surface area contributed by atoms with Gasteiger partial charge in [-0.1, -0.05) is 11.6 Å². The van der Waals surface area contributed by atoms with Crippen LogP contribution in [0.25, 0.3) is 11.0 Å². The van der Waals surface area contributed by atoms with E-state index in [-0.39, 0.29) is 35.1 Å². The van der Waals surface area contributed by atoms with E-state index in [1.165, 1.54) is 12.3 Å². The number of nitrogens with two attached hydrogens (primary N) is 1. The number of fused-ring (bicyclic) bond motifs is 1. The second-order valence-corrected chi connectivity index (χ2v) is 4.29. The summed E-state index contributed by atoms with van der Waals surface area (Å²) < 4.78 is 10.0. The molecule has 0 amide bonds. The number of esters is 2. The lowest BCUT2D eigenvalue weighted by Crippen LogP contribution is -2.21. The number of hydrogen-bond acceptors (Lipinski definition) is 7. The van der Waals surface area contributed by atoms with Gasteiger partial charge in [0.15, 0.2) is 5.75 Å². The minimum absolute atomic E-state index is 0.0130. The molecule has 7 nitrogen and oxygen atoms in total. The number of carbonyl (C=O) groups excluding carboxylic acids is 2. The fourth-order valence-corrected chi connectivity index (χ4v) is 1.78. The van der Waals surface area contributed by atoms with Crippen LogP contribution in [-0.2, 0) is 9.53 Å². The van der Waals surface area contributed by atoms with E-state index in [0.717, 1.165) is 0 Å². The minimum atomic E-state index is -0.713. The molecule has 21 heavy (non-hydrogen) atoms. The quantitative estimate of drug-likeness (QED) is 0.671. The lowest BCUT2D eigenvalue weighted by molar-refractivity contribution is -0.132. The van der Waals surface area contributed by atoms with Crippen LogP contribution in [0.1, 0.15) is 17.3 Å². The maximum absolute atomic E-state index is 11.9. The van der Waals surface area contributed by atoms with Gasteiger partial charge >= 0.3 is 11.9 Å². The fraction of sp³-hybridized carbons (Fsp3) is 0.231. The lowest BCUT2D eigenvalue weighted by Gasteiger charge is -2.11. The normalized spacial score (nSPS) is 10.4. The molecule has 2 N–H and O–H groups in total. The molecule has 2 aromatic heterocycles. The molecule has 2 aromatic rings. The molecule has 0 atom stereocenters. The highest BCUT2D eigenvalue weighted by molar-refractivity contribution is 6.29. The summed E-state index contributed by atoms with van der Waals surface area (Å²) in [5.41, 5.74) is 5.83. The Hall–Kier alpha value is -2.25. The SMILES string of the molecule is CCOC(=O)c1cnc2ccc(Cl)nc2c1OC(=O)CN. The van der Waals surface area contributed by atoms with Crippen molar-refractivity contribution in [2.45, 2.75) is 6.92 Å². The maximum Gasteiger partial charge on any atom is 0.343 e. The van der Waals surface area contributed by atoms with E-state index in [1.54, 1.807) is 13.0 Å². The Balaban J connectivity index is 2.64. The first-order valence-corrected chi connectivity index (χ1v) is 6.47. The lowest BCUT2D eigenvalue weighted by atomic mass is 10.2. The van der Waals surface area contributed by atoms with E-state index in [9.17, 15) is 9.59 Å². The summed E-state index contributed by atoms with van der Waals surface area (Å²) in [6.45, 7) is 1.49. The summed E-state index contributed by atoms with van der Waals surface area (Å²) in [6, 6.07) is 3.13. The van der Waals surface area contributed by atoms with E-state index in [1.807, 2.05) is 0 Å². The zero-order valence-electron chi connectivity index (χ0n) is 11.1. The van der Waals surface area contributed by atoms with Crippen LogP contribution >= 0.6 is 11.6 Å². The number of carbonyl (C=O) groups is 2. The molecule has 0 spiro atoms. The number of ether oxygens (including phenoxy) is 2. The van der Waals surface area contributed by atoms with Crippen molar-refractivity contribution < 1.29 is 19.1 Å². The highest BCUT2D eigenvalue weighted by Gasteiger charge is 2.21. The van der Waals surface area contributed by atoms with Gasteiger partial charge in [-0.15, -0.1) is 0 Å². The van der Waals surface area contributed by atoms with Crippen LogP contribution in [-0.4, -0.2) is 35.1 Å². The first-order chi connectivity index (χ1) is 10.1. The average Bonchev–Trinajstić information content (AvgIpc) is 2.47. The van der Waals surface area contributed by atoms with Crippen LogP contribution in [0.15, 0.2) is 18.3 Å². The van der Waals surface area contributed by atoms with Gasteiger partial charge in [-0.05, 0) is 19.1 Å². The van der Waals surface area contributed by atoms with Gasteiger partial charge in [0.25, 0.3) is 0 Å². The molecule has 8 heteroatoms. The highest BCUT2D eigenvalue weighted by Crippen LogP contribution is 2.28. The molecule has 0 aliphatic rings. The molecule has 0 bridgehead atoms. The predicted molar refractivity (Wildman–Crippen MR) is 75.2 cm³/mol. The summed E-state index contributed by atoms with van der Waals surface area (Å²) in [4.78, 5) is 31.5. The van der Waals surface area contributed by atoms with Crippen molar-refractivity contribution in [3.63, 3.8) is 0 Å². The molecule has 0 fully saturated rings. The van der Waals surface area contributed by atoms with E-state index >= 15 is 0 Å². The third kappa shape index (κ3) is 3.26. The minimum Gasteiger partial charge on any atom is -0.462 e. The van der Waals surface area contributed by atoms with E-state index < -0.39 is 11.9 Å². The van der Waals surface area contributed by atoms with Crippen molar-refractivity contribution in [2.24, 2.45) is 5.73 Å². The molecule has 0 saturated heterocycles. The van der Waals surface area contributed by atoms with Gasteiger partial charge in [-0.3, -0.25) is 9.78 Å². The molecule has 110 valence electrons. The zero-order valence-corrected chi connectivity index (χ0v) is 11.9. The molecular weight excluding hydrogens is 298 g/mol. The van der Waals surface area contributed by atoms with E-state index in [0.29, 0.717) is 5.52 Å². The molecule has 2 heterocycles. The second kappa shape index (κ2) is 6.47. The molecular formula is C13H12ClN3O4. The number of nitrogens with zero attached hydrogens (tertiary/aromatic N) is 2. The van der Waals surface area contributed by atoms with Gasteiger partial charge in [-0.25, -0.2) is 9.78 Å². The second-order valence-electron chi connectivity index (χ2n) is 3.90. The third-order valence-corrected chi connectivity index (χ3v) is 2.72. The maximum atomic E-state index is 11.9. The smallest absolute Gasteiger partial charge is 0.343 e. The Labute approximate surface area is 125 Å². The largest absolute Gasteiger partial charge is 0.462 e. The van der Waals surface area contributed by atoms with Gasteiger partial charge in [0.1, 0.15) is 16.2 Å². The van der Waals surface area contributed by atoms with Crippen LogP contribution in [0.4, 0.5) is 0 Å². The van der Waals surface area contributed by atoms with Crippen LogP contribution in [0.2, 0.25) is 5.15 Å². The molecule has 0 aromatic carbocycles. The highest BCUT2D eigenvalue weighted by atomic mass is 35.5. The first-order valence-electron chi connectivity index (χ1n) is 6.10. The van der Waals surface area contributed by atoms with Crippen molar-refractivity contribution >= 4 is 34.6 Å². The van der Waals surface area contributed by atoms with Crippen molar-refractivity contribution in [3.05, 3.63) is 29.0 Å². The van der Waals surface area contributed by atoms with Crippen molar-refractivity contribution in [1.29, 1.82) is 0 Å². The first kappa shape index (κ1) is 15.1. The Morgan fingerprint density at radius 1 is 1.38 bits per heavy atom. The van der Waals surface area contributed by atoms with Crippen LogP contribution in [0.3, 0.4) is 0 Å². The van der Waals surface area contributed by atoms with Crippen molar-refractivity contribution in [2.75, 3.05) is 13.2 Å².